The van der Waals surface area contributed by atoms with Crippen LogP contribution in [0.25, 0.3) is 0 Å². The maximum atomic E-state index is 14.1. The van der Waals surface area contributed by atoms with Crippen molar-refractivity contribution >= 4 is 63.8 Å². The van der Waals surface area contributed by atoms with Crippen molar-refractivity contribution in [2.24, 2.45) is 43.6 Å². The minimum Gasteiger partial charge on any atom is -0.492 e. The standard InChI is InChI=1S/C38H59N15O3/c1-37(2,3)23-17-26(39)30(47-8-10-49-34(41)42)28(19-23)52-32(54)21-14-22(16-25(15-21)56-13-12-51-36(45)46-7)33(55)53-29-20-24(38(4,5)6)18-27(40)31(29)48-9-11-50-35(43)44/h14-20,47-48H,8-13,39-40H2,1-7H3,(H,52,54)(H,53,55)(H4,41,42,49)(H4,43,44,50)(H3,45,46,51). The lowest BCUT2D eigenvalue weighted by atomic mass is 9.86. The van der Waals surface area contributed by atoms with Crippen LogP contribution in [0.2, 0.25) is 0 Å². The molecule has 18 nitrogen and oxygen atoms in total. The number of guanidine groups is 3. The zero-order chi connectivity index (χ0) is 41.8. The summed E-state index contributed by atoms with van der Waals surface area (Å²) in [5.74, 6) is -0.643. The molecule has 0 aliphatic rings. The van der Waals surface area contributed by atoms with E-state index in [0.29, 0.717) is 53.8 Å². The van der Waals surface area contributed by atoms with Crippen LogP contribution >= 0.6 is 0 Å². The molecule has 19 N–H and O–H groups in total. The lowest BCUT2D eigenvalue weighted by molar-refractivity contribution is 0.102. The van der Waals surface area contributed by atoms with Crippen molar-refractivity contribution < 1.29 is 14.3 Å². The van der Waals surface area contributed by atoms with E-state index in [9.17, 15) is 9.59 Å². The molecule has 2 amide bonds. The van der Waals surface area contributed by atoms with E-state index in [-0.39, 0.29) is 65.3 Å². The molecule has 304 valence electrons. The number of benzene rings is 3. The van der Waals surface area contributed by atoms with Gasteiger partial charge in [-0.05, 0) is 64.4 Å². The highest BCUT2D eigenvalue weighted by molar-refractivity contribution is 6.11. The van der Waals surface area contributed by atoms with Gasteiger partial charge >= 0.3 is 0 Å². The summed E-state index contributed by atoms with van der Waals surface area (Å²) < 4.78 is 6.00. The fraction of sp³-hybridized carbons (Fsp3) is 0.395. The van der Waals surface area contributed by atoms with E-state index >= 15 is 0 Å². The van der Waals surface area contributed by atoms with Gasteiger partial charge in [0.1, 0.15) is 12.4 Å². The highest BCUT2D eigenvalue weighted by Gasteiger charge is 2.23. The molecular formula is C38H59N15O3. The number of carbonyl (C=O) groups excluding carboxylic acids is 2. The number of ether oxygens (including phenoxy) is 1. The highest BCUT2D eigenvalue weighted by atomic mass is 16.5. The van der Waals surface area contributed by atoms with Gasteiger partial charge in [-0.3, -0.25) is 24.6 Å². The summed E-state index contributed by atoms with van der Waals surface area (Å²) in [5, 5.41) is 15.3. The van der Waals surface area contributed by atoms with Crippen LogP contribution < -0.4 is 71.5 Å². The van der Waals surface area contributed by atoms with E-state index in [1.54, 1.807) is 19.2 Å². The van der Waals surface area contributed by atoms with Gasteiger partial charge in [-0.1, -0.05) is 41.5 Å². The summed E-state index contributed by atoms with van der Waals surface area (Å²) in [6, 6.07) is 12.0. The number of aliphatic imine (C=N–C) groups is 3. The Hall–Kier alpha value is -6.59. The maximum Gasteiger partial charge on any atom is 0.255 e. The van der Waals surface area contributed by atoms with E-state index in [4.69, 9.17) is 44.9 Å². The third-order valence-corrected chi connectivity index (χ3v) is 8.33. The Morgan fingerprint density at radius 3 is 1.45 bits per heavy atom. The van der Waals surface area contributed by atoms with Gasteiger partial charge in [0.25, 0.3) is 11.8 Å². The van der Waals surface area contributed by atoms with Crippen LogP contribution in [0.15, 0.2) is 57.4 Å². The fourth-order valence-electron chi connectivity index (χ4n) is 5.28. The van der Waals surface area contributed by atoms with Crippen LogP contribution in [-0.2, 0) is 10.8 Å². The molecule has 0 aliphatic carbocycles. The van der Waals surface area contributed by atoms with Crippen molar-refractivity contribution in [3.05, 3.63) is 64.7 Å². The minimum atomic E-state index is -0.524. The smallest absolute Gasteiger partial charge is 0.255 e. The molecule has 18 heteroatoms. The monoisotopic (exact) mass is 773 g/mol. The van der Waals surface area contributed by atoms with E-state index in [0.717, 1.165) is 11.1 Å². The molecule has 0 atom stereocenters. The van der Waals surface area contributed by atoms with Crippen LogP contribution in [0.3, 0.4) is 0 Å². The molecule has 0 bridgehead atoms. The number of anilines is 6. The summed E-state index contributed by atoms with van der Waals surface area (Å²) in [6.07, 6.45) is 0. The molecule has 0 saturated carbocycles. The summed E-state index contributed by atoms with van der Waals surface area (Å²) in [4.78, 5) is 40.2. The van der Waals surface area contributed by atoms with Gasteiger partial charge in [-0.15, -0.1) is 0 Å². The van der Waals surface area contributed by atoms with E-state index < -0.39 is 11.8 Å². The molecule has 3 rings (SSSR count). The van der Waals surface area contributed by atoms with Gasteiger partial charge in [0.05, 0.1) is 53.8 Å². The van der Waals surface area contributed by atoms with E-state index in [1.165, 1.54) is 6.07 Å². The normalized spacial score (nSPS) is 11.6. The predicted octanol–water partition coefficient (Wildman–Crippen LogP) is 2.23. The number of nitrogens with zero attached hydrogens (tertiary/aromatic N) is 3. The first-order chi connectivity index (χ1) is 26.2. The number of rotatable bonds is 16. The molecule has 0 aliphatic heterocycles. The fourth-order valence-corrected chi connectivity index (χ4v) is 5.28. The van der Waals surface area contributed by atoms with Crippen LogP contribution in [0.4, 0.5) is 34.1 Å². The van der Waals surface area contributed by atoms with Crippen molar-refractivity contribution in [3.63, 3.8) is 0 Å². The number of nitrogens with one attached hydrogen (secondary N) is 5. The van der Waals surface area contributed by atoms with Gasteiger partial charge in [-0.2, -0.15) is 0 Å². The van der Waals surface area contributed by atoms with Crippen molar-refractivity contribution in [3.8, 4) is 5.75 Å². The van der Waals surface area contributed by atoms with Crippen molar-refractivity contribution in [2.75, 3.05) is 79.1 Å². The maximum absolute atomic E-state index is 14.1. The zero-order valence-electron chi connectivity index (χ0n) is 33.4. The molecule has 0 saturated heterocycles. The van der Waals surface area contributed by atoms with Gasteiger partial charge in [-0.25, -0.2) is 0 Å². The number of carbonyl (C=O) groups is 2. The predicted molar refractivity (Wildman–Crippen MR) is 231 cm³/mol. The third kappa shape index (κ3) is 13.1. The van der Waals surface area contributed by atoms with Crippen LogP contribution in [-0.4, -0.2) is 76.1 Å². The van der Waals surface area contributed by atoms with Gasteiger partial charge < -0.3 is 71.5 Å². The molecule has 0 radical (unpaired) electrons. The second-order valence-corrected chi connectivity index (χ2v) is 15.0. The van der Waals surface area contributed by atoms with Gasteiger partial charge in [0, 0.05) is 31.3 Å². The van der Waals surface area contributed by atoms with Gasteiger partial charge in [0.2, 0.25) is 0 Å². The molecule has 0 fully saturated rings. The van der Waals surface area contributed by atoms with E-state index in [2.05, 4.69) is 41.6 Å². The van der Waals surface area contributed by atoms with Crippen molar-refractivity contribution in [2.45, 2.75) is 52.4 Å². The first kappa shape index (κ1) is 43.8. The molecule has 0 spiro atoms. The minimum absolute atomic E-state index is 0.0447. The average Bonchev–Trinajstić information content (AvgIpc) is 3.10. The Labute approximate surface area is 328 Å². The number of amides is 2. The second kappa shape index (κ2) is 19.1. The molecule has 0 aromatic heterocycles. The van der Waals surface area contributed by atoms with Crippen LogP contribution in [0, 0.1) is 0 Å². The lowest BCUT2D eigenvalue weighted by Gasteiger charge is -2.24. The Morgan fingerprint density at radius 2 is 1.07 bits per heavy atom. The molecule has 3 aromatic rings. The van der Waals surface area contributed by atoms with Crippen LogP contribution in [0.1, 0.15) is 73.4 Å². The summed E-state index contributed by atoms with van der Waals surface area (Å²) in [5.41, 5.74) is 44.9. The van der Waals surface area contributed by atoms with Gasteiger partial charge in [0.15, 0.2) is 17.9 Å². The summed E-state index contributed by atoms with van der Waals surface area (Å²) in [6.45, 7) is 13.9. The Balaban J connectivity index is 2.07. The lowest BCUT2D eigenvalue weighted by Crippen LogP contribution is -2.34. The number of hydrogen-bond donors (Lipinski definition) is 12. The summed E-state index contributed by atoms with van der Waals surface area (Å²) in [7, 11) is 1.56. The summed E-state index contributed by atoms with van der Waals surface area (Å²) >= 11 is 0. The Kier molecular flexibility index (Phi) is 15.0. The Morgan fingerprint density at radius 1 is 0.643 bits per heavy atom. The molecular weight excluding hydrogens is 715 g/mol. The first-order valence-electron chi connectivity index (χ1n) is 18.0. The molecule has 0 unspecified atom stereocenters. The zero-order valence-corrected chi connectivity index (χ0v) is 33.4. The first-order valence-corrected chi connectivity index (χ1v) is 18.0. The quantitative estimate of drug-likeness (QED) is 0.0431. The second-order valence-electron chi connectivity index (χ2n) is 15.0. The molecule has 3 aromatic carbocycles. The van der Waals surface area contributed by atoms with Crippen molar-refractivity contribution in [1.29, 1.82) is 0 Å². The topological polar surface area (TPSA) is 323 Å². The van der Waals surface area contributed by atoms with E-state index in [1.807, 2.05) is 65.8 Å². The van der Waals surface area contributed by atoms with Crippen LogP contribution in [0.5, 0.6) is 5.75 Å². The SMILES string of the molecule is CN=C(N)NCCOc1cc(C(=O)Nc2cc(C(C)(C)C)cc(N)c2NCCN=C(N)N)cc(C(=O)Nc2cc(C(C)(C)C)cc(N)c2NCCN=C(N)N)c1. The van der Waals surface area contributed by atoms with Crippen molar-refractivity contribution in [1.82, 2.24) is 5.32 Å². The highest BCUT2D eigenvalue weighted by Crippen LogP contribution is 2.37. The Bertz CT molecular complexity index is 1830. The molecule has 0 heterocycles. The number of nitrogen functional groups attached to an aromatic ring is 2. The third-order valence-electron chi connectivity index (χ3n) is 8.33. The largest absolute Gasteiger partial charge is 0.492 e. The number of nitrogens with two attached hydrogens (primary N) is 7. The number of hydrogen-bond acceptors (Lipinski definition) is 10. The molecule has 56 heavy (non-hydrogen) atoms. The average molecular weight is 774 g/mol.